The highest BCUT2D eigenvalue weighted by Crippen LogP contribution is 2.15. The molecule has 0 saturated heterocycles. The smallest absolute Gasteiger partial charge is 0.254 e. The van der Waals surface area contributed by atoms with Crippen LogP contribution in [0.4, 0.5) is 10.2 Å². The van der Waals surface area contributed by atoms with Crippen LogP contribution in [0.3, 0.4) is 0 Å². The number of nitrogens with zero attached hydrogens (tertiary/aromatic N) is 2. The lowest BCUT2D eigenvalue weighted by Gasteiger charge is -2.08. The molecule has 0 aromatic carbocycles. The lowest BCUT2D eigenvalue weighted by atomic mass is 10.2. The quantitative estimate of drug-likeness (QED) is 0.844. The monoisotopic (exact) mass is 278 g/mol. The number of hydrogen-bond acceptors (Lipinski definition) is 5. The van der Waals surface area contributed by atoms with Gasteiger partial charge in [-0.25, -0.2) is 9.37 Å². The number of anilines is 1. The minimum atomic E-state index is -0.656. The van der Waals surface area contributed by atoms with E-state index in [1.807, 2.05) is 6.92 Å². The van der Waals surface area contributed by atoms with Crippen molar-refractivity contribution < 1.29 is 13.7 Å². The molecule has 0 aliphatic rings. The third-order valence-electron chi connectivity index (χ3n) is 2.59. The first-order valence-corrected chi connectivity index (χ1v) is 6.28. The average Bonchev–Trinajstić information content (AvgIpc) is 2.97. The highest BCUT2D eigenvalue weighted by molar-refractivity contribution is 5.95. The van der Waals surface area contributed by atoms with Crippen LogP contribution >= 0.6 is 0 Å². The number of carbonyl (C=O) groups excluding carboxylic acids is 1. The molecule has 0 fully saturated rings. The van der Waals surface area contributed by atoms with E-state index in [1.54, 1.807) is 6.07 Å². The molecule has 0 radical (unpaired) electrons. The zero-order valence-corrected chi connectivity index (χ0v) is 11.0. The lowest BCUT2D eigenvalue weighted by Crippen LogP contribution is -2.24. The van der Waals surface area contributed by atoms with Gasteiger partial charge in [0.05, 0.1) is 18.3 Å². The normalized spacial score (nSPS) is 10.3. The summed E-state index contributed by atoms with van der Waals surface area (Å²) < 4.78 is 18.9. The number of halogens is 1. The van der Waals surface area contributed by atoms with Crippen molar-refractivity contribution in [3.05, 3.63) is 41.7 Å². The van der Waals surface area contributed by atoms with Crippen LogP contribution in [0.15, 0.2) is 29.0 Å². The van der Waals surface area contributed by atoms with E-state index in [-0.39, 0.29) is 17.9 Å². The van der Waals surface area contributed by atoms with Gasteiger partial charge in [0, 0.05) is 18.8 Å². The molecule has 2 heterocycles. The molecule has 2 rings (SSSR count). The Bertz CT molecular complexity index is 572. The van der Waals surface area contributed by atoms with Crippen molar-refractivity contribution in [2.75, 3.05) is 11.9 Å². The molecular formula is C13H15FN4O2. The fourth-order valence-electron chi connectivity index (χ4n) is 1.58. The second-order valence-corrected chi connectivity index (χ2v) is 4.11. The minimum Gasteiger partial charge on any atom is -0.368 e. The van der Waals surface area contributed by atoms with Gasteiger partial charge in [-0.2, -0.15) is 0 Å². The maximum Gasteiger partial charge on any atom is 0.254 e. The molecule has 20 heavy (non-hydrogen) atoms. The van der Waals surface area contributed by atoms with E-state index in [9.17, 15) is 9.18 Å². The van der Waals surface area contributed by atoms with Gasteiger partial charge in [0.25, 0.3) is 5.91 Å². The molecule has 6 nitrogen and oxygen atoms in total. The fraction of sp³-hybridized carbons (Fsp3) is 0.308. The van der Waals surface area contributed by atoms with Gasteiger partial charge in [0.2, 0.25) is 0 Å². The zero-order valence-electron chi connectivity index (χ0n) is 11.0. The van der Waals surface area contributed by atoms with Gasteiger partial charge in [-0.15, -0.1) is 0 Å². The molecule has 2 aromatic rings. The van der Waals surface area contributed by atoms with Crippen LogP contribution in [0.5, 0.6) is 0 Å². The van der Waals surface area contributed by atoms with Crippen molar-refractivity contribution in [1.29, 1.82) is 0 Å². The van der Waals surface area contributed by atoms with Gasteiger partial charge in [-0.1, -0.05) is 12.1 Å². The molecule has 0 aliphatic heterocycles. The molecule has 1 amide bonds. The van der Waals surface area contributed by atoms with Crippen molar-refractivity contribution in [3.8, 4) is 0 Å². The topological polar surface area (TPSA) is 80.0 Å². The highest BCUT2D eigenvalue weighted by atomic mass is 19.1. The number of amides is 1. The maximum absolute atomic E-state index is 14.1. The van der Waals surface area contributed by atoms with Crippen molar-refractivity contribution in [2.45, 2.75) is 19.9 Å². The van der Waals surface area contributed by atoms with Crippen LogP contribution in [0.1, 0.15) is 29.5 Å². The zero-order chi connectivity index (χ0) is 14.4. The number of aromatic nitrogens is 2. The Morgan fingerprint density at radius 3 is 2.95 bits per heavy atom. The lowest BCUT2D eigenvalue weighted by molar-refractivity contribution is 0.0943. The van der Waals surface area contributed by atoms with Gasteiger partial charge >= 0.3 is 0 Å². The Labute approximate surface area is 115 Å². The summed E-state index contributed by atoms with van der Waals surface area (Å²) in [6.45, 7) is 2.70. The Hall–Kier alpha value is -2.44. The van der Waals surface area contributed by atoms with Crippen molar-refractivity contribution in [1.82, 2.24) is 15.5 Å². The second kappa shape index (κ2) is 6.65. The van der Waals surface area contributed by atoms with E-state index in [2.05, 4.69) is 20.8 Å². The molecule has 7 heteroatoms. The maximum atomic E-state index is 14.1. The predicted octanol–water partition coefficient (Wildman–Crippen LogP) is 1.96. The first-order chi connectivity index (χ1) is 9.72. The number of rotatable bonds is 6. The average molecular weight is 278 g/mol. The van der Waals surface area contributed by atoms with Crippen LogP contribution in [-0.4, -0.2) is 22.6 Å². The van der Waals surface area contributed by atoms with Gasteiger partial charge in [-0.05, 0) is 12.5 Å². The summed E-state index contributed by atoms with van der Waals surface area (Å²) in [5.41, 5.74) is -0.0573. The van der Waals surface area contributed by atoms with E-state index in [4.69, 9.17) is 4.52 Å². The molecule has 0 aliphatic carbocycles. The molecule has 0 atom stereocenters. The standard InChI is InChI=1S/C13H15FN4O2/c1-2-5-15-12-11(14)10(4-6-16-12)13(19)17-8-9-3-7-18-20-9/h3-4,6-7H,2,5,8H2,1H3,(H,15,16)(H,17,19). The first kappa shape index (κ1) is 14.0. The van der Waals surface area contributed by atoms with E-state index in [0.717, 1.165) is 6.42 Å². The van der Waals surface area contributed by atoms with Crippen LogP contribution in [0, 0.1) is 5.82 Å². The van der Waals surface area contributed by atoms with E-state index in [1.165, 1.54) is 18.5 Å². The molecule has 106 valence electrons. The van der Waals surface area contributed by atoms with E-state index in [0.29, 0.717) is 12.3 Å². The third kappa shape index (κ3) is 3.31. The summed E-state index contributed by atoms with van der Waals surface area (Å²) in [5.74, 6) is -0.604. The molecule has 0 unspecified atom stereocenters. The molecule has 0 spiro atoms. The van der Waals surface area contributed by atoms with Crippen molar-refractivity contribution in [2.24, 2.45) is 0 Å². The van der Waals surface area contributed by atoms with Crippen LogP contribution < -0.4 is 10.6 Å². The van der Waals surface area contributed by atoms with Crippen LogP contribution in [0.2, 0.25) is 0 Å². The molecule has 0 saturated carbocycles. The van der Waals surface area contributed by atoms with Gasteiger partial charge < -0.3 is 15.2 Å². The highest BCUT2D eigenvalue weighted by Gasteiger charge is 2.16. The molecular weight excluding hydrogens is 263 g/mol. The summed E-state index contributed by atoms with van der Waals surface area (Å²) in [7, 11) is 0. The number of pyridine rings is 1. The summed E-state index contributed by atoms with van der Waals surface area (Å²) in [6.07, 6.45) is 3.70. The summed E-state index contributed by atoms with van der Waals surface area (Å²) in [5, 5.41) is 8.91. The van der Waals surface area contributed by atoms with Crippen molar-refractivity contribution in [3.63, 3.8) is 0 Å². The first-order valence-electron chi connectivity index (χ1n) is 6.28. The number of nitrogens with one attached hydrogen (secondary N) is 2. The SMILES string of the molecule is CCCNc1nccc(C(=O)NCc2ccno2)c1F. The summed E-state index contributed by atoms with van der Waals surface area (Å²) in [6, 6.07) is 2.96. The third-order valence-corrected chi connectivity index (χ3v) is 2.59. The molecule has 0 bridgehead atoms. The Kier molecular flexibility index (Phi) is 4.65. The van der Waals surface area contributed by atoms with E-state index < -0.39 is 11.7 Å². The summed E-state index contributed by atoms with van der Waals surface area (Å²) >= 11 is 0. The largest absolute Gasteiger partial charge is 0.368 e. The number of carbonyl (C=O) groups is 1. The van der Waals surface area contributed by atoms with Gasteiger partial charge in [-0.3, -0.25) is 4.79 Å². The van der Waals surface area contributed by atoms with Crippen LogP contribution in [0.25, 0.3) is 0 Å². The van der Waals surface area contributed by atoms with Crippen LogP contribution in [-0.2, 0) is 6.54 Å². The second-order valence-electron chi connectivity index (χ2n) is 4.11. The van der Waals surface area contributed by atoms with Crippen molar-refractivity contribution >= 4 is 11.7 Å². The van der Waals surface area contributed by atoms with E-state index >= 15 is 0 Å². The van der Waals surface area contributed by atoms with Gasteiger partial charge in [0.15, 0.2) is 17.4 Å². The Morgan fingerprint density at radius 2 is 2.25 bits per heavy atom. The number of hydrogen-bond donors (Lipinski definition) is 2. The van der Waals surface area contributed by atoms with Gasteiger partial charge in [0.1, 0.15) is 0 Å². The Balaban J connectivity index is 2.05. The Morgan fingerprint density at radius 1 is 1.40 bits per heavy atom. The predicted molar refractivity (Wildman–Crippen MR) is 70.6 cm³/mol. The minimum absolute atomic E-state index is 0.0573. The molecule has 2 aromatic heterocycles. The fourth-order valence-corrected chi connectivity index (χ4v) is 1.58. The summed E-state index contributed by atoms with van der Waals surface area (Å²) in [4.78, 5) is 15.8. The molecule has 2 N–H and O–H groups in total.